The summed E-state index contributed by atoms with van der Waals surface area (Å²) in [6, 6.07) is 1.73. The van der Waals surface area contributed by atoms with Crippen LogP contribution in [0.2, 0.25) is 0 Å². The third-order valence-electron chi connectivity index (χ3n) is 4.56. The minimum Gasteiger partial charge on any atom is -0.481 e. The van der Waals surface area contributed by atoms with E-state index in [-0.39, 0.29) is 11.8 Å². The summed E-state index contributed by atoms with van der Waals surface area (Å²) in [4.78, 5) is 28.8. The highest BCUT2D eigenvalue weighted by Crippen LogP contribution is 2.22. The Hall–Kier alpha value is -2.22. The van der Waals surface area contributed by atoms with Crippen molar-refractivity contribution in [2.24, 2.45) is 5.92 Å². The highest BCUT2D eigenvalue weighted by molar-refractivity contribution is 7.11. The van der Waals surface area contributed by atoms with Gasteiger partial charge in [-0.05, 0) is 19.3 Å². The van der Waals surface area contributed by atoms with Gasteiger partial charge < -0.3 is 15.0 Å². The van der Waals surface area contributed by atoms with Crippen molar-refractivity contribution in [2.75, 3.05) is 31.6 Å². The molecule has 1 fully saturated rings. The standard InChI is InChI=1S/C18H25N5O2S/c1-3-14-12-21-16(26-14)5-9-19-17(24)13-6-10-23(11-7-13)18-20-8-4-15(22-18)25-2/h4,8,12-13H,3,5-7,9-11H2,1-2H3,(H,19,24). The Kier molecular flexibility index (Phi) is 6.38. The number of rotatable bonds is 7. The number of hydrogen-bond donors (Lipinski definition) is 1. The van der Waals surface area contributed by atoms with E-state index in [4.69, 9.17) is 4.74 Å². The lowest BCUT2D eigenvalue weighted by atomic mass is 9.96. The molecule has 1 N–H and O–H groups in total. The smallest absolute Gasteiger partial charge is 0.228 e. The molecule has 140 valence electrons. The number of piperidine rings is 1. The van der Waals surface area contributed by atoms with Crippen molar-refractivity contribution in [1.82, 2.24) is 20.3 Å². The zero-order valence-electron chi connectivity index (χ0n) is 15.3. The molecule has 1 saturated heterocycles. The number of nitrogens with zero attached hydrogens (tertiary/aromatic N) is 4. The van der Waals surface area contributed by atoms with Crippen molar-refractivity contribution >= 4 is 23.2 Å². The minimum atomic E-state index is 0.0550. The van der Waals surface area contributed by atoms with Gasteiger partial charge in [0.05, 0.1) is 12.1 Å². The molecule has 0 atom stereocenters. The van der Waals surface area contributed by atoms with Gasteiger partial charge in [-0.2, -0.15) is 4.98 Å². The van der Waals surface area contributed by atoms with Gasteiger partial charge >= 0.3 is 0 Å². The second-order valence-electron chi connectivity index (χ2n) is 6.28. The van der Waals surface area contributed by atoms with Crippen molar-refractivity contribution in [3.05, 3.63) is 28.3 Å². The van der Waals surface area contributed by atoms with Gasteiger partial charge in [-0.3, -0.25) is 4.79 Å². The van der Waals surface area contributed by atoms with E-state index in [0.717, 1.165) is 43.8 Å². The first-order valence-electron chi connectivity index (χ1n) is 9.03. The maximum atomic E-state index is 12.4. The van der Waals surface area contributed by atoms with Crippen LogP contribution in [0.1, 0.15) is 29.7 Å². The Morgan fingerprint density at radius 1 is 1.38 bits per heavy atom. The summed E-state index contributed by atoms with van der Waals surface area (Å²) < 4.78 is 5.15. The number of aryl methyl sites for hydroxylation is 1. The average Bonchev–Trinajstić information content (AvgIpc) is 3.16. The van der Waals surface area contributed by atoms with Gasteiger partial charge in [-0.1, -0.05) is 6.92 Å². The zero-order chi connectivity index (χ0) is 18.4. The normalized spacial score (nSPS) is 15.1. The van der Waals surface area contributed by atoms with Gasteiger partial charge in [-0.25, -0.2) is 9.97 Å². The van der Waals surface area contributed by atoms with Crippen molar-refractivity contribution in [3.8, 4) is 5.88 Å². The zero-order valence-corrected chi connectivity index (χ0v) is 16.1. The Morgan fingerprint density at radius 2 is 2.19 bits per heavy atom. The predicted octanol–water partition coefficient (Wildman–Crippen LogP) is 2.08. The molecule has 3 heterocycles. The number of thiazole rings is 1. The molecule has 2 aromatic rings. The summed E-state index contributed by atoms with van der Waals surface area (Å²) >= 11 is 1.73. The molecule has 0 aliphatic carbocycles. The second-order valence-corrected chi connectivity index (χ2v) is 7.47. The largest absolute Gasteiger partial charge is 0.481 e. The number of carbonyl (C=O) groups excluding carboxylic acids is 1. The van der Waals surface area contributed by atoms with Crippen LogP contribution in [0.4, 0.5) is 5.95 Å². The van der Waals surface area contributed by atoms with Gasteiger partial charge in [0, 0.05) is 55.3 Å². The number of ether oxygens (including phenoxy) is 1. The Balaban J connectivity index is 1.43. The molecule has 0 radical (unpaired) electrons. The summed E-state index contributed by atoms with van der Waals surface area (Å²) in [6.07, 6.45) is 7.06. The average molecular weight is 375 g/mol. The fourth-order valence-electron chi connectivity index (χ4n) is 3.00. The number of nitrogens with one attached hydrogen (secondary N) is 1. The second kappa shape index (κ2) is 8.93. The first-order valence-corrected chi connectivity index (χ1v) is 9.84. The van der Waals surface area contributed by atoms with Crippen molar-refractivity contribution < 1.29 is 9.53 Å². The molecule has 2 aromatic heterocycles. The summed E-state index contributed by atoms with van der Waals surface area (Å²) in [5.41, 5.74) is 0. The number of aromatic nitrogens is 3. The number of anilines is 1. The lowest BCUT2D eigenvalue weighted by Crippen LogP contribution is -2.41. The quantitative estimate of drug-likeness (QED) is 0.798. The first-order chi connectivity index (χ1) is 12.7. The minimum absolute atomic E-state index is 0.0550. The van der Waals surface area contributed by atoms with Crippen LogP contribution in [0, 0.1) is 5.92 Å². The van der Waals surface area contributed by atoms with Gasteiger partial charge in [0.25, 0.3) is 0 Å². The molecule has 1 aliphatic heterocycles. The SMILES string of the molecule is CCc1cnc(CCNC(=O)C2CCN(c3nccc(OC)n3)CC2)s1. The molecule has 1 amide bonds. The van der Waals surface area contributed by atoms with E-state index in [1.165, 1.54) is 4.88 Å². The number of carbonyl (C=O) groups is 1. The summed E-state index contributed by atoms with van der Waals surface area (Å²) in [5.74, 6) is 1.42. The highest BCUT2D eigenvalue weighted by Gasteiger charge is 2.26. The monoisotopic (exact) mass is 375 g/mol. The fourth-order valence-corrected chi connectivity index (χ4v) is 3.87. The van der Waals surface area contributed by atoms with E-state index in [9.17, 15) is 4.79 Å². The lowest BCUT2D eigenvalue weighted by molar-refractivity contribution is -0.125. The van der Waals surface area contributed by atoms with E-state index in [2.05, 4.69) is 32.1 Å². The Morgan fingerprint density at radius 3 is 2.88 bits per heavy atom. The summed E-state index contributed by atoms with van der Waals surface area (Å²) in [6.45, 7) is 4.33. The van der Waals surface area contributed by atoms with Crippen LogP contribution in [-0.4, -0.2) is 47.6 Å². The Bertz CT molecular complexity index is 728. The predicted molar refractivity (Wildman–Crippen MR) is 102 cm³/mol. The van der Waals surface area contributed by atoms with E-state index >= 15 is 0 Å². The number of methoxy groups -OCH3 is 1. The molecule has 26 heavy (non-hydrogen) atoms. The third kappa shape index (κ3) is 4.69. The molecule has 1 aliphatic rings. The molecule has 0 saturated carbocycles. The van der Waals surface area contributed by atoms with Gasteiger partial charge in [0.15, 0.2) is 0 Å². The van der Waals surface area contributed by atoms with Crippen LogP contribution < -0.4 is 15.0 Å². The van der Waals surface area contributed by atoms with E-state index in [0.29, 0.717) is 18.4 Å². The van der Waals surface area contributed by atoms with Crippen LogP contribution in [0.5, 0.6) is 5.88 Å². The van der Waals surface area contributed by atoms with Crippen LogP contribution in [0.25, 0.3) is 0 Å². The van der Waals surface area contributed by atoms with Crippen LogP contribution >= 0.6 is 11.3 Å². The van der Waals surface area contributed by atoms with Gasteiger partial charge in [0.1, 0.15) is 0 Å². The molecule has 0 unspecified atom stereocenters. The highest BCUT2D eigenvalue weighted by atomic mass is 32.1. The van der Waals surface area contributed by atoms with Crippen LogP contribution in [0.15, 0.2) is 18.5 Å². The maximum absolute atomic E-state index is 12.4. The van der Waals surface area contributed by atoms with E-state index < -0.39 is 0 Å². The molecular weight excluding hydrogens is 350 g/mol. The summed E-state index contributed by atoms with van der Waals surface area (Å²) in [5, 5.41) is 4.15. The van der Waals surface area contributed by atoms with Gasteiger partial charge in [-0.15, -0.1) is 11.3 Å². The van der Waals surface area contributed by atoms with Crippen LogP contribution in [0.3, 0.4) is 0 Å². The molecule has 8 heteroatoms. The maximum Gasteiger partial charge on any atom is 0.228 e. The van der Waals surface area contributed by atoms with Gasteiger partial charge in [0.2, 0.25) is 17.7 Å². The van der Waals surface area contributed by atoms with Crippen molar-refractivity contribution in [3.63, 3.8) is 0 Å². The molecule has 7 nitrogen and oxygen atoms in total. The molecule has 0 spiro atoms. The van der Waals surface area contributed by atoms with Crippen LogP contribution in [-0.2, 0) is 17.6 Å². The number of hydrogen-bond acceptors (Lipinski definition) is 7. The molecule has 3 rings (SSSR count). The fraction of sp³-hybridized carbons (Fsp3) is 0.556. The van der Waals surface area contributed by atoms with Crippen molar-refractivity contribution in [2.45, 2.75) is 32.6 Å². The lowest BCUT2D eigenvalue weighted by Gasteiger charge is -2.31. The molecule has 0 bridgehead atoms. The van der Waals surface area contributed by atoms with Crippen molar-refractivity contribution in [1.29, 1.82) is 0 Å². The molecule has 0 aromatic carbocycles. The first kappa shape index (κ1) is 18.6. The van der Waals surface area contributed by atoms with E-state index in [1.54, 1.807) is 30.7 Å². The van der Waals surface area contributed by atoms with E-state index in [1.807, 2.05) is 6.20 Å². The number of amides is 1. The Labute approximate surface area is 157 Å². The topological polar surface area (TPSA) is 80.2 Å². The molecular formula is C18H25N5O2S. The summed E-state index contributed by atoms with van der Waals surface area (Å²) in [7, 11) is 1.59. The third-order valence-corrected chi connectivity index (χ3v) is 5.76.